The van der Waals surface area contributed by atoms with Gasteiger partial charge in [0.2, 0.25) is 0 Å². The summed E-state index contributed by atoms with van der Waals surface area (Å²) in [5.41, 5.74) is 6.41. The molecule has 2 aliphatic rings. The third-order valence-corrected chi connectivity index (χ3v) is 3.46. The molecule has 1 amide bonds. The van der Waals surface area contributed by atoms with Gasteiger partial charge in [0.05, 0.1) is 5.54 Å². The molecule has 1 heterocycles. The van der Waals surface area contributed by atoms with Crippen molar-refractivity contribution in [3.63, 3.8) is 0 Å². The minimum Gasteiger partial charge on any atom is -0.287 e. The van der Waals surface area contributed by atoms with Crippen LogP contribution in [0.2, 0.25) is 0 Å². The minimum absolute atomic E-state index is 0.0468. The molecule has 0 unspecified atom stereocenters. The minimum atomic E-state index is -0.214. The maximum Gasteiger partial charge on any atom is 0.262 e. The third-order valence-electron chi connectivity index (χ3n) is 3.46. The highest BCUT2D eigenvalue weighted by Gasteiger charge is 2.35. The second-order valence-corrected chi connectivity index (χ2v) is 5.18. The summed E-state index contributed by atoms with van der Waals surface area (Å²) in [6.07, 6.45) is 8.65. The Kier molecular flexibility index (Phi) is 2.83. The summed E-state index contributed by atoms with van der Waals surface area (Å²) in [6.45, 7) is 4.08. The molecule has 3 heteroatoms. The molecule has 0 atom stereocenters. The van der Waals surface area contributed by atoms with E-state index in [1.165, 1.54) is 32.1 Å². The van der Waals surface area contributed by atoms with Crippen LogP contribution in [0.4, 0.5) is 0 Å². The van der Waals surface area contributed by atoms with E-state index in [1.54, 1.807) is 0 Å². The van der Waals surface area contributed by atoms with Crippen molar-refractivity contribution in [1.82, 2.24) is 10.9 Å². The van der Waals surface area contributed by atoms with E-state index in [1.807, 2.05) is 13.8 Å². The van der Waals surface area contributed by atoms with E-state index in [0.29, 0.717) is 5.92 Å². The van der Waals surface area contributed by atoms with Gasteiger partial charge in [0.25, 0.3) is 5.91 Å². The number of allylic oxidation sites excluding steroid dienone is 1. The average molecular weight is 208 g/mol. The first-order valence-electron chi connectivity index (χ1n) is 5.89. The topological polar surface area (TPSA) is 41.1 Å². The molecule has 2 fully saturated rings. The quantitative estimate of drug-likeness (QED) is 0.646. The fourth-order valence-corrected chi connectivity index (χ4v) is 2.45. The highest BCUT2D eigenvalue weighted by molar-refractivity contribution is 5.97. The van der Waals surface area contributed by atoms with Crippen LogP contribution in [0.3, 0.4) is 0 Å². The zero-order valence-electron chi connectivity index (χ0n) is 9.60. The lowest BCUT2D eigenvalue weighted by Gasteiger charge is -2.22. The zero-order chi connectivity index (χ0) is 10.9. The summed E-state index contributed by atoms with van der Waals surface area (Å²) in [6, 6.07) is 0. The second-order valence-electron chi connectivity index (χ2n) is 5.18. The van der Waals surface area contributed by atoms with Crippen molar-refractivity contribution in [2.75, 3.05) is 0 Å². The molecule has 0 spiro atoms. The lowest BCUT2D eigenvalue weighted by atomic mass is 9.84. The molecule has 84 valence electrons. The summed E-state index contributed by atoms with van der Waals surface area (Å²) in [7, 11) is 0. The Morgan fingerprint density at radius 2 is 1.93 bits per heavy atom. The van der Waals surface area contributed by atoms with Gasteiger partial charge in [-0.1, -0.05) is 25.3 Å². The second kappa shape index (κ2) is 3.97. The summed E-state index contributed by atoms with van der Waals surface area (Å²) in [4.78, 5) is 11.6. The molecular formula is C12H20N2O. The van der Waals surface area contributed by atoms with E-state index < -0.39 is 0 Å². The molecule has 0 bridgehead atoms. The zero-order valence-corrected chi connectivity index (χ0v) is 9.60. The van der Waals surface area contributed by atoms with E-state index >= 15 is 0 Å². The van der Waals surface area contributed by atoms with Crippen LogP contribution in [0.5, 0.6) is 0 Å². The molecule has 1 saturated heterocycles. The average Bonchev–Trinajstić information content (AvgIpc) is 2.47. The van der Waals surface area contributed by atoms with Gasteiger partial charge in [0.1, 0.15) is 0 Å². The Morgan fingerprint density at radius 1 is 1.27 bits per heavy atom. The molecule has 0 aromatic carbocycles. The number of hydrogen-bond donors (Lipinski definition) is 2. The smallest absolute Gasteiger partial charge is 0.262 e. The number of carbonyl (C=O) groups excluding carboxylic acids is 1. The summed E-state index contributed by atoms with van der Waals surface area (Å²) in [5, 5.41) is 0. The molecule has 0 aromatic rings. The molecule has 3 nitrogen and oxygen atoms in total. The summed E-state index contributed by atoms with van der Waals surface area (Å²) < 4.78 is 0. The Balaban J connectivity index is 2.13. The number of nitrogens with one attached hydrogen (secondary N) is 2. The highest BCUT2D eigenvalue weighted by Crippen LogP contribution is 2.29. The van der Waals surface area contributed by atoms with Crippen molar-refractivity contribution in [3.8, 4) is 0 Å². The van der Waals surface area contributed by atoms with Crippen LogP contribution in [0.1, 0.15) is 46.0 Å². The number of hydrogen-bond acceptors (Lipinski definition) is 2. The van der Waals surface area contributed by atoms with Gasteiger partial charge >= 0.3 is 0 Å². The molecule has 2 rings (SSSR count). The van der Waals surface area contributed by atoms with Gasteiger partial charge in [-0.15, -0.1) is 0 Å². The van der Waals surface area contributed by atoms with Crippen molar-refractivity contribution in [2.45, 2.75) is 51.5 Å². The van der Waals surface area contributed by atoms with Crippen LogP contribution >= 0.6 is 0 Å². The van der Waals surface area contributed by atoms with Crippen molar-refractivity contribution in [1.29, 1.82) is 0 Å². The standard InChI is InChI=1S/C12H20N2O/c1-12(2)10(11(15)13-14-12)8-9-6-4-3-5-7-9/h8-9,14H,3-7H2,1-2H3,(H,13,15)/b10-8+. The fraction of sp³-hybridized carbons (Fsp3) is 0.750. The van der Waals surface area contributed by atoms with Crippen LogP contribution < -0.4 is 10.9 Å². The van der Waals surface area contributed by atoms with E-state index in [9.17, 15) is 4.79 Å². The van der Waals surface area contributed by atoms with Crippen LogP contribution in [0.15, 0.2) is 11.6 Å². The Morgan fingerprint density at radius 3 is 2.47 bits per heavy atom. The maximum absolute atomic E-state index is 11.6. The van der Waals surface area contributed by atoms with Gasteiger partial charge in [-0.05, 0) is 32.6 Å². The van der Waals surface area contributed by atoms with E-state index in [0.717, 1.165) is 5.57 Å². The molecule has 2 N–H and O–H groups in total. The van der Waals surface area contributed by atoms with Crippen LogP contribution in [0.25, 0.3) is 0 Å². The van der Waals surface area contributed by atoms with Gasteiger partial charge in [-0.25, -0.2) is 5.43 Å². The predicted octanol–water partition coefficient (Wildman–Crippen LogP) is 1.91. The first kappa shape index (κ1) is 10.7. The number of hydrazine groups is 1. The predicted molar refractivity (Wildman–Crippen MR) is 60.0 cm³/mol. The maximum atomic E-state index is 11.6. The monoisotopic (exact) mass is 208 g/mol. The van der Waals surface area contributed by atoms with Gasteiger partial charge in [-0.3, -0.25) is 10.2 Å². The van der Waals surface area contributed by atoms with E-state index in [-0.39, 0.29) is 11.4 Å². The highest BCUT2D eigenvalue weighted by atomic mass is 16.2. The van der Waals surface area contributed by atoms with Gasteiger partial charge < -0.3 is 0 Å². The van der Waals surface area contributed by atoms with Crippen LogP contribution in [0, 0.1) is 5.92 Å². The van der Waals surface area contributed by atoms with Crippen molar-refractivity contribution in [3.05, 3.63) is 11.6 Å². The van der Waals surface area contributed by atoms with Gasteiger partial charge in [-0.2, -0.15) is 0 Å². The summed E-state index contributed by atoms with van der Waals surface area (Å²) >= 11 is 0. The Bertz CT molecular complexity index is 288. The van der Waals surface area contributed by atoms with Crippen molar-refractivity contribution < 1.29 is 4.79 Å². The number of rotatable bonds is 1. The van der Waals surface area contributed by atoms with E-state index in [2.05, 4.69) is 16.9 Å². The normalized spacial score (nSPS) is 29.5. The van der Waals surface area contributed by atoms with Crippen molar-refractivity contribution >= 4 is 5.91 Å². The SMILES string of the molecule is CC1(C)NNC(=O)/C1=C\C1CCCCC1. The number of amides is 1. The molecule has 0 aromatic heterocycles. The lowest BCUT2D eigenvalue weighted by Crippen LogP contribution is -2.39. The Labute approximate surface area is 91.3 Å². The molecular weight excluding hydrogens is 188 g/mol. The lowest BCUT2D eigenvalue weighted by molar-refractivity contribution is -0.116. The fourth-order valence-electron chi connectivity index (χ4n) is 2.45. The third kappa shape index (κ3) is 2.23. The van der Waals surface area contributed by atoms with Crippen molar-refractivity contribution in [2.24, 2.45) is 5.92 Å². The summed E-state index contributed by atoms with van der Waals surface area (Å²) in [5.74, 6) is 0.657. The van der Waals surface area contributed by atoms with E-state index in [4.69, 9.17) is 0 Å². The Hall–Kier alpha value is -0.830. The number of carbonyl (C=O) groups is 1. The largest absolute Gasteiger partial charge is 0.287 e. The van der Waals surface area contributed by atoms with Crippen LogP contribution in [-0.2, 0) is 4.79 Å². The molecule has 1 aliphatic carbocycles. The molecule has 0 radical (unpaired) electrons. The molecule has 1 saturated carbocycles. The first-order chi connectivity index (χ1) is 7.09. The molecule has 15 heavy (non-hydrogen) atoms. The van der Waals surface area contributed by atoms with Gasteiger partial charge in [0.15, 0.2) is 0 Å². The first-order valence-corrected chi connectivity index (χ1v) is 5.89. The van der Waals surface area contributed by atoms with Gasteiger partial charge in [0, 0.05) is 5.57 Å². The van der Waals surface area contributed by atoms with Crippen LogP contribution in [-0.4, -0.2) is 11.4 Å². The molecule has 1 aliphatic heterocycles.